The van der Waals surface area contributed by atoms with Gasteiger partial charge in [-0.25, -0.2) is 0 Å². The van der Waals surface area contributed by atoms with Crippen LogP contribution >= 0.6 is 22.6 Å². The quantitative estimate of drug-likeness (QED) is 0.182. The summed E-state index contributed by atoms with van der Waals surface area (Å²) in [6.45, 7) is 7.49. The number of ether oxygens (including phenoxy) is 2. The smallest absolute Gasteiger partial charge is 0.261 e. The third kappa shape index (κ3) is 5.21. The maximum absolute atomic E-state index is 13.8. The Morgan fingerprint density at radius 3 is 2.58 bits per heavy atom. The molecule has 3 aromatic carbocycles. The molecule has 1 saturated heterocycles. The molecule has 2 aliphatic rings. The van der Waals surface area contributed by atoms with Crippen LogP contribution in [0, 0.1) is 9.49 Å². The SMILES string of the molecule is COc1ccc([Si](C)(C)[C@H]2[C@H](CCn3cc(C(CO)c4ccccc4)nn3)O[C@@]3(C(=O)Nc4ccc(I)cc43)[C@@H]2C)cc1. The Morgan fingerprint density at radius 1 is 1.14 bits per heavy atom. The van der Waals surface area contributed by atoms with E-state index in [0.29, 0.717) is 13.0 Å². The van der Waals surface area contributed by atoms with Gasteiger partial charge < -0.3 is 19.9 Å². The third-order valence-corrected chi connectivity index (χ3v) is 14.5. The Kier molecular flexibility index (Phi) is 8.22. The monoisotopic (exact) mass is 708 g/mol. The summed E-state index contributed by atoms with van der Waals surface area (Å²) in [6.07, 6.45) is 2.42. The lowest BCUT2D eigenvalue weighted by molar-refractivity contribution is -0.143. The van der Waals surface area contributed by atoms with E-state index in [9.17, 15) is 9.90 Å². The summed E-state index contributed by atoms with van der Waals surface area (Å²) >= 11 is 2.30. The summed E-state index contributed by atoms with van der Waals surface area (Å²) in [5, 5.41) is 23.4. The summed E-state index contributed by atoms with van der Waals surface area (Å²) in [7, 11) is -0.527. The highest BCUT2D eigenvalue weighted by atomic mass is 127. The lowest BCUT2D eigenvalue weighted by Gasteiger charge is -2.37. The van der Waals surface area contributed by atoms with E-state index in [-0.39, 0.29) is 36.0 Å². The van der Waals surface area contributed by atoms with Crippen LogP contribution in [-0.2, 0) is 21.7 Å². The molecule has 1 aromatic heterocycles. The van der Waals surface area contributed by atoms with E-state index >= 15 is 0 Å². The molecule has 43 heavy (non-hydrogen) atoms. The summed E-state index contributed by atoms with van der Waals surface area (Å²) < 4.78 is 15.4. The van der Waals surface area contributed by atoms with E-state index in [4.69, 9.17) is 9.47 Å². The Hall–Kier alpha value is -3.06. The van der Waals surface area contributed by atoms with Crippen molar-refractivity contribution in [3.05, 3.63) is 99.4 Å². The van der Waals surface area contributed by atoms with Gasteiger partial charge in [0.05, 0.1) is 39.5 Å². The zero-order valence-electron chi connectivity index (χ0n) is 24.8. The first-order valence-electron chi connectivity index (χ1n) is 14.7. The standard InChI is InChI=1S/C33H37IN4O4Si/c1-21-31(43(3,4)25-13-11-24(41-2)12-14-25)30(42-33(21)27-18-23(34)10-15-28(27)35-32(33)40)16-17-38-19-29(36-37-38)26(20-39)22-8-6-5-7-9-22/h5-15,18-19,21,26,30-31,39H,16-17,20H2,1-4H3,(H,35,40)/t21-,26?,30+,31-,33+/m1/s1. The second-order valence-corrected chi connectivity index (χ2v) is 18.1. The highest BCUT2D eigenvalue weighted by Gasteiger charge is 2.64. The number of fused-ring (bicyclic) bond motifs is 2. The van der Waals surface area contributed by atoms with E-state index in [1.165, 1.54) is 5.19 Å². The second-order valence-electron chi connectivity index (χ2n) is 12.1. The Labute approximate surface area is 267 Å². The number of methoxy groups -OCH3 is 1. The minimum absolute atomic E-state index is 0.0501. The van der Waals surface area contributed by atoms with Gasteiger partial charge in [0.1, 0.15) is 5.75 Å². The zero-order chi connectivity index (χ0) is 30.4. The number of nitrogens with zero attached hydrogens (tertiary/aromatic N) is 3. The summed E-state index contributed by atoms with van der Waals surface area (Å²) in [4.78, 5) is 13.8. The number of halogens is 1. The first-order valence-corrected chi connectivity index (χ1v) is 18.8. The minimum atomic E-state index is -2.21. The Morgan fingerprint density at radius 2 is 1.88 bits per heavy atom. The molecule has 10 heteroatoms. The van der Waals surface area contributed by atoms with E-state index in [1.54, 1.807) is 7.11 Å². The molecule has 0 aliphatic carbocycles. The van der Waals surface area contributed by atoms with Crippen molar-refractivity contribution in [3.63, 3.8) is 0 Å². The van der Waals surface area contributed by atoms with Crippen LogP contribution in [0.25, 0.3) is 0 Å². The van der Waals surface area contributed by atoms with Gasteiger partial charge >= 0.3 is 0 Å². The molecule has 1 amide bonds. The van der Waals surface area contributed by atoms with Gasteiger partial charge in [0.25, 0.3) is 5.91 Å². The third-order valence-electron chi connectivity index (χ3n) is 9.49. The molecule has 2 N–H and O–H groups in total. The Balaban J connectivity index is 1.33. The first-order chi connectivity index (χ1) is 20.7. The zero-order valence-corrected chi connectivity index (χ0v) is 28.0. The largest absolute Gasteiger partial charge is 0.497 e. The highest BCUT2D eigenvalue weighted by Crippen LogP contribution is 2.58. The lowest BCUT2D eigenvalue weighted by atomic mass is 9.82. The topological polar surface area (TPSA) is 98.5 Å². The lowest BCUT2D eigenvalue weighted by Crippen LogP contribution is -2.51. The van der Waals surface area contributed by atoms with Gasteiger partial charge in [0.15, 0.2) is 5.60 Å². The summed E-state index contributed by atoms with van der Waals surface area (Å²) in [5.41, 5.74) is 2.59. The van der Waals surface area contributed by atoms with Gasteiger partial charge in [0, 0.05) is 33.5 Å². The molecule has 0 radical (unpaired) electrons. The maximum atomic E-state index is 13.8. The fraction of sp³-hybridized carbons (Fsp3) is 0.364. The molecule has 224 valence electrons. The maximum Gasteiger partial charge on any atom is 0.261 e. The fourth-order valence-electron chi connectivity index (χ4n) is 7.27. The molecule has 6 rings (SSSR count). The number of aliphatic hydroxyl groups excluding tert-OH is 1. The minimum Gasteiger partial charge on any atom is -0.497 e. The number of benzene rings is 3. The van der Waals surface area contributed by atoms with Crippen molar-refractivity contribution in [1.82, 2.24) is 15.0 Å². The predicted molar refractivity (Wildman–Crippen MR) is 177 cm³/mol. The van der Waals surface area contributed by atoms with Gasteiger partial charge in [-0.05, 0) is 70.4 Å². The number of aromatic nitrogens is 3. The van der Waals surface area contributed by atoms with Crippen LogP contribution in [0.3, 0.4) is 0 Å². The predicted octanol–water partition coefficient (Wildman–Crippen LogP) is 5.27. The average molecular weight is 709 g/mol. The van der Waals surface area contributed by atoms with Crippen LogP contribution < -0.4 is 15.2 Å². The molecular weight excluding hydrogens is 671 g/mol. The molecule has 1 fully saturated rings. The molecule has 0 saturated carbocycles. The van der Waals surface area contributed by atoms with Crippen LogP contribution in [0.2, 0.25) is 18.6 Å². The Bertz CT molecular complexity index is 1610. The number of hydrogen-bond donors (Lipinski definition) is 2. The molecule has 3 heterocycles. The van der Waals surface area contributed by atoms with Crippen molar-refractivity contribution >= 4 is 47.4 Å². The van der Waals surface area contributed by atoms with E-state index in [2.05, 4.69) is 76.4 Å². The van der Waals surface area contributed by atoms with Gasteiger partial charge in [-0.2, -0.15) is 0 Å². The van der Waals surface area contributed by atoms with Crippen LogP contribution in [0.5, 0.6) is 5.75 Å². The number of aliphatic hydroxyl groups is 1. The normalized spacial score (nSPS) is 23.8. The number of aryl methyl sites for hydroxylation is 1. The van der Waals surface area contributed by atoms with Crippen LogP contribution in [0.4, 0.5) is 5.69 Å². The van der Waals surface area contributed by atoms with E-state index < -0.39 is 13.7 Å². The second kappa shape index (κ2) is 11.8. The number of anilines is 1. The summed E-state index contributed by atoms with van der Waals surface area (Å²) in [5.74, 6) is 0.454. The molecule has 1 spiro atoms. The molecule has 0 bridgehead atoms. The molecular formula is C33H37IN4O4Si. The van der Waals surface area contributed by atoms with Crippen LogP contribution in [0.15, 0.2) is 79.0 Å². The average Bonchev–Trinajstić information content (AvgIpc) is 3.68. The van der Waals surface area contributed by atoms with Gasteiger partial charge in [-0.3, -0.25) is 9.48 Å². The molecule has 5 atom stereocenters. The molecule has 8 nitrogen and oxygen atoms in total. The van der Waals surface area contributed by atoms with Gasteiger partial charge in [-0.15, -0.1) is 5.10 Å². The van der Waals surface area contributed by atoms with Crippen molar-refractivity contribution < 1.29 is 19.4 Å². The number of amides is 1. The van der Waals surface area contributed by atoms with Crippen molar-refractivity contribution in [2.45, 2.75) is 56.1 Å². The highest BCUT2D eigenvalue weighted by molar-refractivity contribution is 14.1. The van der Waals surface area contributed by atoms with E-state index in [1.807, 2.05) is 65.5 Å². The number of carbonyl (C=O) groups is 1. The van der Waals surface area contributed by atoms with Crippen molar-refractivity contribution in [3.8, 4) is 5.75 Å². The molecule has 4 aromatic rings. The van der Waals surface area contributed by atoms with Crippen molar-refractivity contribution in [2.24, 2.45) is 5.92 Å². The van der Waals surface area contributed by atoms with Crippen molar-refractivity contribution in [1.29, 1.82) is 0 Å². The van der Waals surface area contributed by atoms with E-state index in [0.717, 1.165) is 31.8 Å². The fourth-order valence-corrected chi connectivity index (χ4v) is 11.8. The number of carbonyl (C=O) groups excluding carboxylic acids is 1. The number of nitrogens with one attached hydrogen (secondary N) is 1. The number of rotatable bonds is 9. The van der Waals surface area contributed by atoms with Crippen LogP contribution in [0.1, 0.15) is 36.1 Å². The number of hydrogen-bond acceptors (Lipinski definition) is 6. The van der Waals surface area contributed by atoms with Crippen molar-refractivity contribution in [2.75, 3.05) is 19.0 Å². The summed E-state index contributed by atoms with van der Waals surface area (Å²) in [6, 6.07) is 24.4. The van der Waals surface area contributed by atoms with Gasteiger partial charge in [-0.1, -0.05) is 72.9 Å². The van der Waals surface area contributed by atoms with Crippen LogP contribution in [-0.4, -0.2) is 53.9 Å². The van der Waals surface area contributed by atoms with Gasteiger partial charge in [0.2, 0.25) is 0 Å². The first kappa shape index (κ1) is 30.0. The molecule has 1 unspecified atom stereocenters. The molecule has 2 aliphatic heterocycles.